The van der Waals surface area contributed by atoms with Gasteiger partial charge in [0.05, 0.1) is 30.3 Å². The predicted octanol–water partition coefficient (Wildman–Crippen LogP) is 11.2. The van der Waals surface area contributed by atoms with E-state index in [1.807, 2.05) is 6.07 Å². The first kappa shape index (κ1) is 49.0. The van der Waals surface area contributed by atoms with Crippen molar-refractivity contribution in [2.75, 3.05) is 18.1 Å². The summed E-state index contributed by atoms with van der Waals surface area (Å²) in [5.41, 5.74) is 0.496. The number of halogens is 1. The Labute approximate surface area is 333 Å². The molecule has 5 atom stereocenters. The van der Waals surface area contributed by atoms with Gasteiger partial charge in [0.2, 0.25) is 15.9 Å². The smallest absolute Gasteiger partial charge is 0.233 e. The lowest BCUT2D eigenvalue weighted by Gasteiger charge is -2.41. The molecule has 1 saturated carbocycles. The minimum Gasteiger partial charge on any atom is -0.414 e. The molecule has 0 aliphatic heterocycles. The number of carbonyl (C=O) groups excluding carboxylic acids is 1. The SMILES string of the molecule is CC(C)(C)[Si](C)(C)OC(CC[C@@H]1[C@@H](CCCCCCC(=O)NS(C)(=O)=O)[C@@H](O[Si](C)(C)C(C)(C)C)C[C@H]1O[Si](C)(C)C(C)(C)C)CNc1ccccc1F. The fraction of sp³-hybridized carbons (Fsp3) is 0.829. The highest BCUT2D eigenvalue weighted by atomic mass is 32.2. The largest absolute Gasteiger partial charge is 0.414 e. The van der Waals surface area contributed by atoms with Crippen LogP contribution in [0.25, 0.3) is 0 Å². The molecule has 13 heteroatoms. The number of hydrogen-bond acceptors (Lipinski definition) is 7. The normalized spacial score (nSPS) is 21.3. The summed E-state index contributed by atoms with van der Waals surface area (Å²) in [6.45, 7) is 35.1. The molecular formula is C41H79FN2O6SSi3. The molecule has 1 fully saturated rings. The molecule has 0 spiro atoms. The first-order chi connectivity index (χ1) is 24.4. The van der Waals surface area contributed by atoms with Crippen LogP contribution >= 0.6 is 0 Å². The number of amides is 1. The van der Waals surface area contributed by atoms with Gasteiger partial charge in [-0.15, -0.1) is 0 Å². The van der Waals surface area contributed by atoms with Gasteiger partial charge >= 0.3 is 0 Å². The van der Waals surface area contributed by atoms with Gasteiger partial charge in [0.25, 0.3) is 0 Å². The molecule has 8 nitrogen and oxygen atoms in total. The molecule has 1 unspecified atom stereocenters. The Balaban J connectivity index is 2.44. The lowest BCUT2D eigenvalue weighted by Crippen LogP contribution is -2.46. The van der Waals surface area contributed by atoms with Crippen LogP contribution < -0.4 is 10.0 Å². The first-order valence-electron chi connectivity index (χ1n) is 20.4. The second kappa shape index (κ2) is 19.1. The van der Waals surface area contributed by atoms with Crippen molar-refractivity contribution in [3.8, 4) is 0 Å². The van der Waals surface area contributed by atoms with Gasteiger partial charge in [-0.2, -0.15) is 0 Å². The van der Waals surface area contributed by atoms with E-state index in [4.69, 9.17) is 13.3 Å². The maximum atomic E-state index is 14.8. The Hall–Kier alpha value is -1.10. The first-order valence-corrected chi connectivity index (χ1v) is 31.0. The minimum atomic E-state index is -3.54. The van der Waals surface area contributed by atoms with Crippen molar-refractivity contribution in [1.29, 1.82) is 0 Å². The fourth-order valence-corrected chi connectivity index (χ4v) is 11.3. The monoisotopic (exact) mass is 830 g/mol. The highest BCUT2D eigenvalue weighted by Gasteiger charge is 2.51. The Morgan fingerprint density at radius 2 is 1.26 bits per heavy atom. The van der Waals surface area contributed by atoms with E-state index in [1.54, 1.807) is 12.1 Å². The van der Waals surface area contributed by atoms with Gasteiger partial charge < -0.3 is 18.6 Å². The zero-order valence-electron chi connectivity index (χ0n) is 37.0. The van der Waals surface area contributed by atoms with Crippen LogP contribution in [0.1, 0.15) is 120 Å². The van der Waals surface area contributed by atoms with E-state index in [9.17, 15) is 17.6 Å². The molecule has 1 aromatic rings. The van der Waals surface area contributed by atoms with Crippen LogP contribution in [0.5, 0.6) is 0 Å². The molecule has 2 N–H and O–H groups in total. The van der Waals surface area contributed by atoms with Gasteiger partial charge in [0.1, 0.15) is 5.82 Å². The van der Waals surface area contributed by atoms with Crippen molar-refractivity contribution in [2.45, 2.75) is 193 Å². The third-order valence-electron chi connectivity index (χ3n) is 12.9. The molecule has 54 heavy (non-hydrogen) atoms. The van der Waals surface area contributed by atoms with Crippen LogP contribution in [0.4, 0.5) is 10.1 Å². The Morgan fingerprint density at radius 1 is 0.778 bits per heavy atom. The van der Waals surface area contributed by atoms with E-state index in [1.165, 1.54) is 6.07 Å². The summed E-state index contributed by atoms with van der Waals surface area (Å²) in [5, 5.41) is 3.55. The summed E-state index contributed by atoms with van der Waals surface area (Å²) < 4.78 is 61.6. The number of anilines is 1. The molecule has 2 rings (SSSR count). The van der Waals surface area contributed by atoms with Gasteiger partial charge in [0.15, 0.2) is 25.0 Å². The molecule has 0 heterocycles. The number of carbonyl (C=O) groups is 1. The average Bonchev–Trinajstić information content (AvgIpc) is 3.27. The second-order valence-electron chi connectivity index (χ2n) is 20.6. The van der Waals surface area contributed by atoms with Crippen LogP contribution in [0.2, 0.25) is 54.4 Å². The maximum Gasteiger partial charge on any atom is 0.233 e. The van der Waals surface area contributed by atoms with E-state index >= 15 is 0 Å². The summed E-state index contributed by atoms with van der Waals surface area (Å²) in [7, 11) is -9.94. The topological polar surface area (TPSA) is 103 Å². The quantitative estimate of drug-likeness (QED) is 0.0996. The number of para-hydroxylation sites is 1. The van der Waals surface area contributed by atoms with Crippen LogP contribution in [-0.2, 0) is 28.1 Å². The van der Waals surface area contributed by atoms with E-state index in [0.717, 1.165) is 51.2 Å². The highest BCUT2D eigenvalue weighted by molar-refractivity contribution is 7.89. The zero-order chi connectivity index (χ0) is 41.6. The third-order valence-corrected chi connectivity index (χ3v) is 27.1. The van der Waals surface area contributed by atoms with Crippen molar-refractivity contribution in [3.63, 3.8) is 0 Å². The highest BCUT2D eigenvalue weighted by Crippen LogP contribution is 2.49. The number of unbranched alkanes of at least 4 members (excludes halogenated alkanes) is 3. The van der Waals surface area contributed by atoms with Crippen LogP contribution in [-0.4, -0.2) is 70.4 Å². The second-order valence-corrected chi connectivity index (χ2v) is 36.6. The molecule has 314 valence electrons. The standard InChI is InChI=1S/C41H79FN2O6SSi3/c1-39(2,3)52(11,12)48-31(30-43-35-25-22-21-24-34(35)42)27-28-33-32(23-19-17-18-20-26-38(45)44-51(10,46)47)36(49-53(13,14)40(4,5)6)29-37(33)50-54(15,16)41(7,8)9/h21-22,24-25,31-33,36-37,43H,17-20,23,26-30H2,1-16H3,(H,44,45)/t31?,32-,33-,36+,37-/m1/s1. The summed E-state index contributed by atoms with van der Waals surface area (Å²) in [5.74, 6) is -0.131. The Bertz CT molecular complexity index is 1450. The lowest BCUT2D eigenvalue weighted by atomic mass is 9.85. The van der Waals surface area contributed by atoms with Crippen molar-refractivity contribution >= 4 is 46.6 Å². The maximum absolute atomic E-state index is 14.8. The van der Waals surface area contributed by atoms with E-state index in [2.05, 4.69) is 112 Å². The number of nitrogens with one attached hydrogen (secondary N) is 2. The summed E-state index contributed by atoms with van der Waals surface area (Å²) in [6.07, 6.45) is 8.36. The molecule has 0 bridgehead atoms. The Kier molecular flexibility index (Phi) is 17.4. The third kappa shape index (κ3) is 15.0. The summed E-state index contributed by atoms with van der Waals surface area (Å²) >= 11 is 0. The summed E-state index contributed by atoms with van der Waals surface area (Å²) in [4.78, 5) is 12.1. The molecular weight excluding hydrogens is 752 g/mol. The number of hydrogen-bond donors (Lipinski definition) is 2. The number of sulfonamides is 1. The van der Waals surface area contributed by atoms with E-state index in [0.29, 0.717) is 24.6 Å². The number of rotatable bonds is 20. The van der Waals surface area contributed by atoms with Gasteiger partial charge in [0, 0.05) is 13.0 Å². The minimum absolute atomic E-state index is 0.0285. The fourth-order valence-electron chi connectivity index (χ4n) is 6.59. The van der Waals surface area contributed by atoms with Gasteiger partial charge in [-0.25, -0.2) is 12.8 Å². The predicted molar refractivity (Wildman–Crippen MR) is 233 cm³/mol. The van der Waals surface area contributed by atoms with Crippen molar-refractivity contribution < 1.29 is 30.9 Å². The molecule has 0 saturated heterocycles. The van der Waals surface area contributed by atoms with Crippen molar-refractivity contribution in [3.05, 3.63) is 30.1 Å². The molecule has 1 aliphatic rings. The van der Waals surface area contributed by atoms with Crippen molar-refractivity contribution in [2.24, 2.45) is 11.8 Å². The Morgan fingerprint density at radius 3 is 1.74 bits per heavy atom. The molecule has 1 aromatic carbocycles. The van der Waals surface area contributed by atoms with Gasteiger partial charge in [-0.1, -0.05) is 93.7 Å². The zero-order valence-corrected chi connectivity index (χ0v) is 40.8. The van der Waals surface area contributed by atoms with Crippen molar-refractivity contribution in [1.82, 2.24) is 4.72 Å². The molecule has 0 aromatic heterocycles. The molecule has 1 aliphatic carbocycles. The van der Waals surface area contributed by atoms with E-state index in [-0.39, 0.29) is 51.6 Å². The van der Waals surface area contributed by atoms with Gasteiger partial charge in [-0.05, 0) is 110 Å². The summed E-state index contributed by atoms with van der Waals surface area (Å²) in [6, 6.07) is 6.85. The lowest BCUT2D eigenvalue weighted by molar-refractivity contribution is -0.119. The van der Waals surface area contributed by atoms with Crippen LogP contribution in [0.3, 0.4) is 0 Å². The number of benzene rings is 1. The average molecular weight is 831 g/mol. The van der Waals surface area contributed by atoms with Crippen LogP contribution in [0, 0.1) is 17.7 Å². The van der Waals surface area contributed by atoms with Crippen LogP contribution in [0.15, 0.2) is 24.3 Å². The van der Waals surface area contributed by atoms with E-state index < -0.39 is 40.9 Å². The molecule has 0 radical (unpaired) electrons. The van der Waals surface area contributed by atoms with Gasteiger partial charge in [-0.3, -0.25) is 9.52 Å². The molecule has 1 amide bonds.